The van der Waals surface area contributed by atoms with Gasteiger partial charge in [0.05, 0.1) is 12.7 Å². The number of nitrogens with two attached hydrogens (primary N) is 1. The van der Waals surface area contributed by atoms with Crippen LogP contribution in [-0.2, 0) is 25.5 Å². The molecule has 1 aliphatic rings. The predicted octanol–water partition coefficient (Wildman–Crippen LogP) is 5.20. The Hall–Kier alpha value is -3.37. The second-order valence-corrected chi connectivity index (χ2v) is 12.5. The molecular formula is C34H50N2O8. The molecule has 1 saturated carbocycles. The summed E-state index contributed by atoms with van der Waals surface area (Å²) in [5.41, 5.74) is 8.21. The number of ether oxygens (including phenoxy) is 3. The smallest absolute Gasteiger partial charge is 0.302 e. The summed E-state index contributed by atoms with van der Waals surface area (Å²) in [4.78, 5) is 28.6. The summed E-state index contributed by atoms with van der Waals surface area (Å²) < 4.78 is 17.3. The average molecular weight is 615 g/mol. The fraction of sp³-hybridized carbons (Fsp3) is 0.618. The normalized spacial score (nSPS) is 20.3. The summed E-state index contributed by atoms with van der Waals surface area (Å²) >= 11 is 0. The lowest BCUT2D eigenvalue weighted by Gasteiger charge is -2.35. The molecular weight excluding hydrogens is 564 g/mol. The number of aryl methyl sites for hydroxylation is 1. The Morgan fingerprint density at radius 1 is 1.09 bits per heavy atom. The Kier molecular flexibility index (Phi) is 13.7. The molecule has 0 saturated heterocycles. The molecule has 0 amide bonds. The molecule has 3 rings (SSSR count). The van der Waals surface area contributed by atoms with E-state index in [1.165, 1.54) is 13.8 Å². The van der Waals surface area contributed by atoms with Crippen LogP contribution in [0.2, 0.25) is 0 Å². The third-order valence-electron chi connectivity index (χ3n) is 8.20. The van der Waals surface area contributed by atoms with Crippen LogP contribution < -0.4 is 10.5 Å². The second-order valence-electron chi connectivity index (χ2n) is 12.5. The minimum atomic E-state index is -0.575. The minimum Gasteiger partial charge on any atom is -0.504 e. The van der Waals surface area contributed by atoms with E-state index >= 15 is 0 Å². The maximum atomic E-state index is 12.3. The van der Waals surface area contributed by atoms with Crippen LogP contribution in [0.15, 0.2) is 30.5 Å². The molecule has 1 heterocycles. The van der Waals surface area contributed by atoms with E-state index in [0.29, 0.717) is 48.9 Å². The van der Waals surface area contributed by atoms with Crippen molar-refractivity contribution in [3.63, 3.8) is 0 Å². The largest absolute Gasteiger partial charge is 0.504 e. The molecule has 10 nitrogen and oxygen atoms in total. The molecule has 1 aliphatic carbocycles. The van der Waals surface area contributed by atoms with Gasteiger partial charge < -0.3 is 35.3 Å². The van der Waals surface area contributed by atoms with Crippen molar-refractivity contribution in [1.29, 1.82) is 0 Å². The number of hydrogen-bond donors (Lipinski definition) is 4. The summed E-state index contributed by atoms with van der Waals surface area (Å²) in [7, 11) is 0. The third-order valence-corrected chi connectivity index (χ3v) is 8.20. The molecule has 44 heavy (non-hydrogen) atoms. The lowest BCUT2D eigenvalue weighted by molar-refractivity contribution is -0.157. The first-order valence-corrected chi connectivity index (χ1v) is 15.8. The molecule has 10 heteroatoms. The predicted molar refractivity (Wildman–Crippen MR) is 168 cm³/mol. The Balaban J connectivity index is 1.91. The van der Waals surface area contributed by atoms with E-state index in [1.54, 1.807) is 30.5 Å². The van der Waals surface area contributed by atoms with Crippen molar-refractivity contribution in [3.8, 4) is 22.6 Å². The number of pyridine rings is 1. The van der Waals surface area contributed by atoms with Gasteiger partial charge in [0.2, 0.25) is 0 Å². The standard InChI is InChI=1S/C34H50N2O8/c1-21(2)14-24-6-5-7-28(40)16-27(15-24)32(44-23(4)39)19-29(43-22(3)38)9-8-25-17-33(42-13-12-37)31(41)20-30(25)26-10-11-36-34(35)18-26/h10-11,17-18,20-21,24,27-29,32,37,40-41H,5-9,12-16,19H2,1-4H3,(H2,35,36). The molecule has 5 unspecified atom stereocenters. The van der Waals surface area contributed by atoms with Crippen molar-refractivity contribution in [2.45, 2.75) is 104 Å². The molecule has 1 aromatic heterocycles. The maximum absolute atomic E-state index is 12.3. The van der Waals surface area contributed by atoms with Crippen LogP contribution in [-0.4, -0.2) is 63.8 Å². The Labute approximate surface area is 260 Å². The van der Waals surface area contributed by atoms with Crippen molar-refractivity contribution in [2.24, 2.45) is 17.8 Å². The molecule has 0 radical (unpaired) electrons. The number of phenolic OH excluding ortho intramolecular Hbond substituents is 1. The van der Waals surface area contributed by atoms with Crippen molar-refractivity contribution in [1.82, 2.24) is 4.98 Å². The van der Waals surface area contributed by atoms with Crippen molar-refractivity contribution in [2.75, 3.05) is 18.9 Å². The van der Waals surface area contributed by atoms with Gasteiger partial charge in [-0.25, -0.2) is 4.98 Å². The first-order chi connectivity index (χ1) is 20.9. The fourth-order valence-electron chi connectivity index (χ4n) is 6.49. The number of nitrogens with zero attached hydrogens (tertiary/aromatic N) is 1. The molecule has 0 bridgehead atoms. The molecule has 1 aromatic carbocycles. The number of aliphatic hydroxyl groups excluding tert-OH is 2. The first kappa shape index (κ1) is 35.1. The van der Waals surface area contributed by atoms with Gasteiger partial charge in [-0.3, -0.25) is 9.59 Å². The quantitative estimate of drug-likeness (QED) is 0.208. The third kappa shape index (κ3) is 11.3. The lowest BCUT2D eigenvalue weighted by Crippen LogP contribution is -2.36. The van der Waals surface area contributed by atoms with Crippen molar-refractivity contribution >= 4 is 17.8 Å². The topological polar surface area (TPSA) is 161 Å². The van der Waals surface area contributed by atoms with Crippen LogP contribution in [0.25, 0.3) is 11.1 Å². The molecule has 244 valence electrons. The highest BCUT2D eigenvalue weighted by atomic mass is 16.6. The Bertz CT molecular complexity index is 1220. The van der Waals surface area contributed by atoms with Crippen molar-refractivity contribution < 1.29 is 39.1 Å². The van der Waals surface area contributed by atoms with Gasteiger partial charge in [-0.05, 0) is 97.2 Å². The SMILES string of the molecule is CC(=O)OC(CCc1cc(OCCO)c(O)cc1-c1ccnc(N)c1)CC(OC(C)=O)C1CC(O)CCCC(CC(C)C)C1. The summed E-state index contributed by atoms with van der Waals surface area (Å²) in [5.74, 6) is 0.544. The highest BCUT2D eigenvalue weighted by molar-refractivity contribution is 5.72. The van der Waals surface area contributed by atoms with Crippen LogP contribution in [0.4, 0.5) is 5.82 Å². The number of aliphatic hydroxyl groups is 2. The zero-order chi connectivity index (χ0) is 32.2. The average Bonchev–Trinajstić information content (AvgIpc) is 2.92. The number of aromatic nitrogens is 1. The number of nitrogen functional groups attached to an aromatic ring is 1. The Morgan fingerprint density at radius 3 is 2.50 bits per heavy atom. The summed E-state index contributed by atoms with van der Waals surface area (Å²) in [6.07, 6.45) is 6.28. The number of esters is 2. The van der Waals surface area contributed by atoms with E-state index in [4.69, 9.17) is 19.9 Å². The van der Waals surface area contributed by atoms with Gasteiger partial charge in [-0.15, -0.1) is 0 Å². The van der Waals surface area contributed by atoms with Gasteiger partial charge in [0.15, 0.2) is 11.5 Å². The van der Waals surface area contributed by atoms with E-state index < -0.39 is 30.3 Å². The van der Waals surface area contributed by atoms with Gasteiger partial charge in [0, 0.05) is 26.5 Å². The van der Waals surface area contributed by atoms with Crippen LogP contribution >= 0.6 is 0 Å². The fourth-order valence-corrected chi connectivity index (χ4v) is 6.49. The number of benzene rings is 1. The maximum Gasteiger partial charge on any atom is 0.302 e. The van der Waals surface area contributed by atoms with Gasteiger partial charge in [0.1, 0.15) is 24.6 Å². The molecule has 1 fully saturated rings. The molecule has 5 atom stereocenters. The summed E-state index contributed by atoms with van der Waals surface area (Å²) in [6, 6.07) is 6.80. The van der Waals surface area contributed by atoms with Gasteiger partial charge >= 0.3 is 11.9 Å². The van der Waals surface area contributed by atoms with Gasteiger partial charge in [-0.1, -0.05) is 26.7 Å². The second kappa shape index (κ2) is 17.2. The number of anilines is 1. The molecule has 5 N–H and O–H groups in total. The number of aromatic hydroxyl groups is 1. The minimum absolute atomic E-state index is 0.0136. The van der Waals surface area contributed by atoms with E-state index in [-0.39, 0.29) is 30.6 Å². The van der Waals surface area contributed by atoms with Crippen LogP contribution in [0.5, 0.6) is 11.5 Å². The zero-order valence-corrected chi connectivity index (χ0v) is 26.5. The van der Waals surface area contributed by atoms with E-state index in [9.17, 15) is 24.9 Å². The van der Waals surface area contributed by atoms with Crippen LogP contribution in [0, 0.1) is 17.8 Å². The first-order valence-electron chi connectivity index (χ1n) is 15.8. The van der Waals surface area contributed by atoms with Gasteiger partial charge in [-0.2, -0.15) is 0 Å². The zero-order valence-electron chi connectivity index (χ0n) is 26.5. The molecule has 0 spiro atoms. The highest BCUT2D eigenvalue weighted by Gasteiger charge is 2.34. The molecule has 2 aromatic rings. The van der Waals surface area contributed by atoms with E-state index in [1.807, 2.05) is 0 Å². The lowest BCUT2D eigenvalue weighted by atomic mass is 9.76. The molecule has 0 aliphatic heterocycles. The van der Waals surface area contributed by atoms with Gasteiger partial charge in [0.25, 0.3) is 0 Å². The van der Waals surface area contributed by atoms with Crippen LogP contribution in [0.1, 0.15) is 84.6 Å². The van der Waals surface area contributed by atoms with E-state index in [2.05, 4.69) is 18.8 Å². The number of carbonyl (C=O) groups is 2. The highest BCUT2D eigenvalue weighted by Crippen LogP contribution is 2.38. The number of carbonyl (C=O) groups excluding carboxylic acids is 2. The van der Waals surface area contributed by atoms with Crippen molar-refractivity contribution in [3.05, 3.63) is 36.0 Å². The van der Waals surface area contributed by atoms with Crippen LogP contribution in [0.3, 0.4) is 0 Å². The number of phenols is 1. The Morgan fingerprint density at radius 2 is 1.84 bits per heavy atom. The number of hydrogen-bond acceptors (Lipinski definition) is 10. The summed E-state index contributed by atoms with van der Waals surface area (Å²) in [5, 5.41) is 30.7. The summed E-state index contributed by atoms with van der Waals surface area (Å²) in [6.45, 7) is 6.97. The van der Waals surface area contributed by atoms with E-state index in [0.717, 1.165) is 43.2 Å². The monoisotopic (exact) mass is 614 g/mol. The number of rotatable bonds is 14.